The molecule has 0 aliphatic heterocycles. The molecule has 1 rings (SSSR count). The van der Waals surface area contributed by atoms with E-state index in [1.165, 1.54) is 5.56 Å². The topological polar surface area (TPSA) is 55.1 Å². The highest BCUT2D eigenvalue weighted by Gasteiger charge is 1.90. The van der Waals surface area contributed by atoms with Gasteiger partial charge in [-0.05, 0) is 26.1 Å². The largest absolute Gasteiger partial charge is 0.399 e. The summed E-state index contributed by atoms with van der Waals surface area (Å²) in [4.78, 5) is 10.3. The van der Waals surface area contributed by atoms with Gasteiger partial charge in [0, 0.05) is 12.1 Å². The van der Waals surface area contributed by atoms with Crippen LogP contribution in [0.1, 0.15) is 32.8 Å². The monoisotopic (exact) mass is 238 g/mol. The zero-order chi connectivity index (χ0) is 13.7. The van der Waals surface area contributed by atoms with E-state index in [2.05, 4.69) is 5.32 Å². The number of carbonyl (C=O) groups excluding carboxylic acids is 1. The van der Waals surface area contributed by atoms with Crippen LogP contribution in [0.2, 0.25) is 0 Å². The highest BCUT2D eigenvalue weighted by atomic mass is 16.1. The van der Waals surface area contributed by atoms with Gasteiger partial charge in [-0.1, -0.05) is 38.5 Å². The maximum atomic E-state index is 10.3. The zero-order valence-electron chi connectivity index (χ0n) is 11.7. The molecule has 0 amide bonds. The molecule has 3 nitrogen and oxygen atoms in total. The Morgan fingerprint density at radius 3 is 1.94 bits per heavy atom. The zero-order valence-corrected chi connectivity index (χ0v) is 11.7. The SMILES string of the molecule is CC.CCC(=O)CNC.Cc1ccc(N)cc1. The van der Waals surface area contributed by atoms with Crippen molar-refractivity contribution in [3.05, 3.63) is 29.8 Å². The number of hydrogen-bond donors (Lipinski definition) is 2. The standard InChI is InChI=1S/C7H9N.C5H11NO.C2H6/c1-6-2-4-7(8)5-3-6;1-3-5(7)4-6-2;1-2/h2-5H,8H2,1H3;6H,3-4H2,1-2H3;1-2H3. The minimum absolute atomic E-state index is 0.266. The fourth-order valence-corrected chi connectivity index (χ4v) is 0.889. The van der Waals surface area contributed by atoms with Crippen molar-refractivity contribution in [1.29, 1.82) is 0 Å². The Labute approximate surface area is 105 Å². The third-order valence-electron chi connectivity index (χ3n) is 1.85. The summed E-state index contributed by atoms with van der Waals surface area (Å²) in [6, 6.07) is 7.79. The second-order valence-corrected chi connectivity index (χ2v) is 3.33. The maximum absolute atomic E-state index is 10.3. The Bertz CT molecular complexity index is 260. The van der Waals surface area contributed by atoms with E-state index < -0.39 is 0 Å². The van der Waals surface area contributed by atoms with E-state index in [9.17, 15) is 4.79 Å². The van der Waals surface area contributed by atoms with Crippen molar-refractivity contribution in [3.8, 4) is 0 Å². The van der Waals surface area contributed by atoms with Crippen molar-refractivity contribution in [2.24, 2.45) is 0 Å². The lowest BCUT2D eigenvalue weighted by atomic mass is 10.2. The molecule has 0 radical (unpaired) electrons. The van der Waals surface area contributed by atoms with Crippen molar-refractivity contribution < 1.29 is 4.79 Å². The van der Waals surface area contributed by atoms with E-state index in [0.717, 1.165) is 5.69 Å². The summed E-state index contributed by atoms with van der Waals surface area (Å²) in [5.74, 6) is 0.266. The van der Waals surface area contributed by atoms with Gasteiger partial charge < -0.3 is 11.1 Å². The summed E-state index contributed by atoms with van der Waals surface area (Å²) in [5, 5.41) is 2.77. The molecule has 0 spiro atoms. The van der Waals surface area contributed by atoms with E-state index in [4.69, 9.17) is 5.73 Å². The third-order valence-corrected chi connectivity index (χ3v) is 1.85. The number of likely N-dealkylation sites (N-methyl/N-ethyl adjacent to an activating group) is 1. The van der Waals surface area contributed by atoms with Gasteiger partial charge in [0.05, 0.1) is 6.54 Å². The average molecular weight is 238 g/mol. The Kier molecular flexibility index (Phi) is 13.5. The Balaban J connectivity index is 0. The number of ketones is 1. The van der Waals surface area contributed by atoms with Gasteiger partial charge in [0.1, 0.15) is 5.78 Å². The fraction of sp³-hybridized carbons (Fsp3) is 0.500. The molecule has 3 heteroatoms. The number of nitrogens with two attached hydrogens (primary N) is 1. The molecule has 0 fully saturated rings. The lowest BCUT2D eigenvalue weighted by Crippen LogP contribution is -2.16. The van der Waals surface area contributed by atoms with E-state index in [-0.39, 0.29) is 5.78 Å². The quantitative estimate of drug-likeness (QED) is 0.796. The van der Waals surface area contributed by atoms with Gasteiger partial charge in [0.25, 0.3) is 0 Å². The number of carbonyl (C=O) groups is 1. The van der Waals surface area contributed by atoms with Crippen LogP contribution in [-0.4, -0.2) is 19.4 Å². The summed E-state index contributed by atoms with van der Waals surface area (Å²) in [6.07, 6.45) is 0.640. The van der Waals surface area contributed by atoms with E-state index in [0.29, 0.717) is 13.0 Å². The van der Waals surface area contributed by atoms with Crippen LogP contribution in [-0.2, 0) is 4.79 Å². The lowest BCUT2D eigenvalue weighted by molar-refractivity contribution is -0.117. The van der Waals surface area contributed by atoms with E-state index in [1.54, 1.807) is 7.05 Å². The summed E-state index contributed by atoms with van der Waals surface area (Å²) in [7, 11) is 1.77. The Morgan fingerprint density at radius 2 is 1.71 bits per heavy atom. The molecule has 0 bridgehead atoms. The molecule has 0 unspecified atom stereocenters. The van der Waals surface area contributed by atoms with Gasteiger partial charge in [-0.3, -0.25) is 4.79 Å². The van der Waals surface area contributed by atoms with Crippen molar-refractivity contribution >= 4 is 11.5 Å². The van der Waals surface area contributed by atoms with Crippen molar-refractivity contribution in [2.75, 3.05) is 19.3 Å². The first kappa shape index (κ1) is 18.0. The maximum Gasteiger partial charge on any atom is 0.146 e. The molecule has 0 saturated heterocycles. The van der Waals surface area contributed by atoms with Crippen LogP contribution in [0.5, 0.6) is 0 Å². The number of aryl methyl sites for hydroxylation is 1. The first-order valence-corrected chi connectivity index (χ1v) is 6.08. The molecule has 0 saturated carbocycles. The van der Waals surface area contributed by atoms with Gasteiger partial charge in [0.15, 0.2) is 0 Å². The molecule has 0 atom stereocenters. The molecule has 3 N–H and O–H groups in total. The second kappa shape index (κ2) is 12.7. The highest BCUT2D eigenvalue weighted by molar-refractivity contribution is 5.79. The van der Waals surface area contributed by atoms with Crippen molar-refractivity contribution in [1.82, 2.24) is 5.32 Å². The number of benzene rings is 1. The minimum atomic E-state index is 0.266. The number of hydrogen-bond acceptors (Lipinski definition) is 3. The Morgan fingerprint density at radius 1 is 1.24 bits per heavy atom. The van der Waals surface area contributed by atoms with Crippen LogP contribution in [0.4, 0.5) is 5.69 Å². The van der Waals surface area contributed by atoms with Crippen LogP contribution in [0.3, 0.4) is 0 Å². The summed E-state index contributed by atoms with van der Waals surface area (Å²) < 4.78 is 0. The molecule has 1 aromatic carbocycles. The summed E-state index contributed by atoms with van der Waals surface area (Å²) >= 11 is 0. The fourth-order valence-electron chi connectivity index (χ4n) is 0.889. The molecular weight excluding hydrogens is 212 g/mol. The van der Waals surface area contributed by atoms with E-state index in [1.807, 2.05) is 52.0 Å². The predicted octanol–water partition coefficient (Wildman–Crippen LogP) is 2.79. The van der Waals surface area contributed by atoms with Crippen LogP contribution in [0.15, 0.2) is 24.3 Å². The highest BCUT2D eigenvalue weighted by Crippen LogP contribution is 2.02. The van der Waals surface area contributed by atoms with Gasteiger partial charge in [0.2, 0.25) is 0 Å². The van der Waals surface area contributed by atoms with Crippen LogP contribution in [0.25, 0.3) is 0 Å². The van der Waals surface area contributed by atoms with Gasteiger partial charge in [-0.15, -0.1) is 0 Å². The first-order chi connectivity index (χ1) is 8.10. The van der Waals surface area contributed by atoms with Gasteiger partial charge >= 0.3 is 0 Å². The average Bonchev–Trinajstić information content (AvgIpc) is 2.36. The minimum Gasteiger partial charge on any atom is -0.399 e. The number of anilines is 1. The number of nitrogen functional groups attached to an aromatic ring is 1. The third kappa shape index (κ3) is 12.6. The van der Waals surface area contributed by atoms with Gasteiger partial charge in [-0.25, -0.2) is 0 Å². The Hall–Kier alpha value is -1.35. The second-order valence-electron chi connectivity index (χ2n) is 3.33. The summed E-state index contributed by atoms with van der Waals surface area (Å²) in [6.45, 7) is 8.41. The molecule has 1 aromatic rings. The smallest absolute Gasteiger partial charge is 0.146 e. The van der Waals surface area contributed by atoms with E-state index >= 15 is 0 Å². The van der Waals surface area contributed by atoms with Crippen LogP contribution < -0.4 is 11.1 Å². The number of rotatable bonds is 3. The molecule has 0 aliphatic rings. The van der Waals surface area contributed by atoms with Crippen molar-refractivity contribution in [2.45, 2.75) is 34.1 Å². The summed E-state index contributed by atoms with van der Waals surface area (Å²) in [5.41, 5.74) is 7.51. The number of nitrogens with one attached hydrogen (secondary N) is 1. The molecular formula is C14H26N2O. The first-order valence-electron chi connectivity index (χ1n) is 6.08. The van der Waals surface area contributed by atoms with Crippen LogP contribution >= 0.6 is 0 Å². The molecule has 0 aliphatic carbocycles. The predicted molar refractivity (Wildman–Crippen MR) is 76.2 cm³/mol. The molecule has 0 aromatic heterocycles. The lowest BCUT2D eigenvalue weighted by Gasteiger charge is -1.90. The van der Waals surface area contributed by atoms with Crippen molar-refractivity contribution in [3.63, 3.8) is 0 Å². The molecule has 0 heterocycles. The number of Topliss-reactive ketones (excluding diaryl/α,β-unsaturated/α-hetero) is 1. The normalized spacial score (nSPS) is 8.29. The van der Waals surface area contributed by atoms with Crippen LogP contribution in [0, 0.1) is 6.92 Å². The molecule has 17 heavy (non-hydrogen) atoms. The van der Waals surface area contributed by atoms with Gasteiger partial charge in [-0.2, -0.15) is 0 Å². The molecule has 98 valence electrons.